The van der Waals surface area contributed by atoms with E-state index in [2.05, 4.69) is 26.3 Å². The first-order chi connectivity index (χ1) is 28.0. The highest BCUT2D eigenvalue weighted by Gasteiger charge is 2.52. The van der Waals surface area contributed by atoms with E-state index in [1.54, 1.807) is 29.2 Å². The highest BCUT2D eigenvalue weighted by molar-refractivity contribution is 6.03. The maximum Gasteiger partial charge on any atom is 0.230 e. The molecule has 58 heavy (non-hydrogen) atoms. The zero-order valence-corrected chi connectivity index (χ0v) is 36.1. The third-order valence-electron chi connectivity index (χ3n) is 12.3. The Balaban J connectivity index is 1.09. The van der Waals surface area contributed by atoms with Crippen molar-refractivity contribution in [3.05, 3.63) is 101 Å². The van der Waals surface area contributed by atoms with E-state index in [4.69, 9.17) is 0 Å². The van der Waals surface area contributed by atoms with E-state index < -0.39 is 11.6 Å². The molecular weight excluding hydrogens is 729 g/mol. The summed E-state index contributed by atoms with van der Waals surface area (Å²) in [5, 5.41) is 14.0. The third kappa shape index (κ3) is 15.9. The monoisotopic (exact) mass is 803 g/mol. The summed E-state index contributed by atoms with van der Waals surface area (Å²) in [4.78, 5) is 27.4. The molecule has 0 radical (unpaired) electrons. The van der Waals surface area contributed by atoms with E-state index in [1.165, 1.54) is 140 Å². The number of benzene rings is 3. The molecule has 6 nitrogen and oxygen atoms in total. The van der Waals surface area contributed by atoms with Crippen molar-refractivity contribution in [1.82, 2.24) is 5.32 Å². The van der Waals surface area contributed by atoms with Crippen LogP contribution in [0.3, 0.4) is 0 Å². The summed E-state index contributed by atoms with van der Waals surface area (Å²) in [7, 11) is 4.80. The standard InChI is InChI=1S/C50H73F2N3O3/c1-4-5-6-7-8-9-11-14-17-20-37-55(2,3)38-21-18-15-12-10-13-16-19-22-48(57)53-40-41-23-27-43(28-24-41)50(36-35-47(56)42-25-29-44(51)30-26-42)39-49(58)54(50)46-33-31-45(52)32-34-46/h23-34,47,56H,4-22,35-40H2,1-3H3/p+1. The molecule has 0 aliphatic carbocycles. The number of hydrogen-bond donors (Lipinski definition) is 2. The first-order valence-electron chi connectivity index (χ1n) is 22.7. The number of quaternary nitrogens is 1. The molecule has 1 fully saturated rings. The zero-order valence-electron chi connectivity index (χ0n) is 36.1. The van der Waals surface area contributed by atoms with Gasteiger partial charge < -0.3 is 19.8 Å². The minimum absolute atomic E-state index is 0.0564. The van der Waals surface area contributed by atoms with Crippen LogP contribution in [0.5, 0.6) is 0 Å². The molecule has 0 aromatic heterocycles. The summed E-state index contributed by atoms with van der Waals surface area (Å²) in [6, 6.07) is 19.6. The fourth-order valence-corrected chi connectivity index (χ4v) is 8.59. The number of nitrogens with zero attached hydrogens (tertiary/aromatic N) is 2. The van der Waals surface area contributed by atoms with E-state index in [9.17, 15) is 23.5 Å². The molecule has 1 heterocycles. The number of aliphatic hydroxyl groups is 1. The molecule has 3 aromatic carbocycles. The molecule has 1 aliphatic rings. The van der Waals surface area contributed by atoms with E-state index in [1.807, 2.05) is 24.3 Å². The zero-order chi connectivity index (χ0) is 41.6. The average Bonchev–Trinajstić information content (AvgIpc) is 3.21. The van der Waals surface area contributed by atoms with Crippen LogP contribution in [0.1, 0.15) is 171 Å². The van der Waals surface area contributed by atoms with Gasteiger partial charge in [-0.05, 0) is 98.0 Å². The van der Waals surface area contributed by atoms with Crippen LogP contribution in [-0.4, -0.2) is 48.6 Å². The van der Waals surface area contributed by atoms with Gasteiger partial charge in [0.15, 0.2) is 0 Å². The van der Waals surface area contributed by atoms with Gasteiger partial charge in [0.05, 0.1) is 45.2 Å². The number of carbonyl (C=O) groups is 2. The lowest BCUT2D eigenvalue weighted by molar-refractivity contribution is -0.890. The summed E-state index contributed by atoms with van der Waals surface area (Å²) < 4.78 is 28.5. The van der Waals surface area contributed by atoms with Gasteiger partial charge in [-0.1, -0.05) is 127 Å². The molecule has 320 valence electrons. The molecular formula is C50H74F2N3O3+. The lowest BCUT2D eigenvalue weighted by atomic mass is 9.73. The van der Waals surface area contributed by atoms with Gasteiger partial charge in [-0.3, -0.25) is 9.59 Å². The highest BCUT2D eigenvalue weighted by atomic mass is 19.1. The van der Waals surface area contributed by atoms with Gasteiger partial charge >= 0.3 is 0 Å². The number of anilines is 1. The number of aliphatic hydroxyl groups excluding tert-OH is 1. The number of amides is 2. The summed E-state index contributed by atoms with van der Waals surface area (Å²) >= 11 is 0. The van der Waals surface area contributed by atoms with Crippen molar-refractivity contribution in [2.24, 2.45) is 0 Å². The quantitative estimate of drug-likeness (QED) is 0.0401. The van der Waals surface area contributed by atoms with Crippen LogP contribution in [0.4, 0.5) is 14.5 Å². The van der Waals surface area contributed by atoms with Gasteiger partial charge in [0.2, 0.25) is 11.8 Å². The van der Waals surface area contributed by atoms with Crippen LogP contribution in [0, 0.1) is 11.6 Å². The molecule has 3 aromatic rings. The smallest absolute Gasteiger partial charge is 0.230 e. The van der Waals surface area contributed by atoms with E-state index in [0.717, 1.165) is 28.5 Å². The van der Waals surface area contributed by atoms with Crippen LogP contribution in [-0.2, 0) is 21.7 Å². The Kier molecular flexibility index (Phi) is 20.4. The van der Waals surface area contributed by atoms with Crippen molar-refractivity contribution in [2.45, 2.75) is 166 Å². The number of nitrogens with one attached hydrogen (secondary N) is 1. The Morgan fingerprint density at radius 2 is 1.19 bits per heavy atom. The first kappa shape index (κ1) is 47.1. The number of β-lactam (4-membered cyclic amide) rings is 1. The van der Waals surface area contributed by atoms with Crippen LogP contribution < -0.4 is 10.2 Å². The maximum absolute atomic E-state index is 13.8. The summed E-state index contributed by atoms with van der Waals surface area (Å²) in [6.07, 6.45) is 24.3. The number of hydrogen-bond acceptors (Lipinski definition) is 3. The molecule has 0 saturated carbocycles. The topological polar surface area (TPSA) is 69.6 Å². The van der Waals surface area contributed by atoms with Crippen molar-refractivity contribution >= 4 is 17.5 Å². The number of unbranched alkanes of at least 4 members (excludes halogenated alkanes) is 16. The molecule has 2 N–H and O–H groups in total. The van der Waals surface area contributed by atoms with E-state index >= 15 is 0 Å². The highest BCUT2D eigenvalue weighted by Crippen LogP contribution is 2.49. The minimum atomic E-state index is -0.839. The fraction of sp³-hybridized carbons (Fsp3) is 0.600. The van der Waals surface area contributed by atoms with Crippen molar-refractivity contribution in [3.63, 3.8) is 0 Å². The summed E-state index contributed by atoms with van der Waals surface area (Å²) in [5.41, 5.74) is 2.32. The lowest BCUT2D eigenvalue weighted by Crippen LogP contribution is -2.61. The van der Waals surface area contributed by atoms with Gasteiger partial charge in [0, 0.05) is 18.7 Å². The SMILES string of the molecule is CCCCCCCCCCCC[N+](C)(C)CCCCCCCCCCC(=O)NCc1ccc(C2(CCC(O)c3ccc(F)cc3)CC(=O)N2c2ccc(F)cc2)cc1. The average molecular weight is 803 g/mol. The van der Waals surface area contributed by atoms with Crippen LogP contribution >= 0.6 is 0 Å². The predicted molar refractivity (Wildman–Crippen MR) is 234 cm³/mol. The number of carbonyl (C=O) groups excluding carboxylic acids is 2. The Labute approximate surface area is 349 Å². The van der Waals surface area contributed by atoms with Gasteiger partial charge in [0.1, 0.15) is 11.6 Å². The molecule has 4 rings (SSSR count). The largest absolute Gasteiger partial charge is 0.388 e. The Hall–Kier alpha value is -3.62. The second-order valence-corrected chi connectivity index (χ2v) is 17.6. The van der Waals surface area contributed by atoms with Crippen LogP contribution in [0.25, 0.3) is 0 Å². The van der Waals surface area contributed by atoms with E-state index in [-0.39, 0.29) is 29.9 Å². The Morgan fingerprint density at radius 1 is 0.707 bits per heavy atom. The fourth-order valence-electron chi connectivity index (χ4n) is 8.59. The van der Waals surface area contributed by atoms with Gasteiger partial charge in [-0.2, -0.15) is 0 Å². The second kappa shape index (κ2) is 25.1. The normalized spacial score (nSPS) is 16.0. The Bertz CT molecular complexity index is 1610. The second-order valence-electron chi connectivity index (χ2n) is 17.6. The molecule has 2 unspecified atom stereocenters. The van der Waals surface area contributed by atoms with Crippen molar-refractivity contribution < 1.29 is 28.0 Å². The Morgan fingerprint density at radius 3 is 1.71 bits per heavy atom. The number of halogens is 2. The maximum atomic E-state index is 13.8. The molecule has 2 amide bonds. The van der Waals surface area contributed by atoms with Crippen molar-refractivity contribution in [1.29, 1.82) is 0 Å². The van der Waals surface area contributed by atoms with Crippen LogP contribution in [0.15, 0.2) is 72.8 Å². The molecule has 2 atom stereocenters. The van der Waals surface area contributed by atoms with Gasteiger partial charge in [-0.15, -0.1) is 0 Å². The van der Waals surface area contributed by atoms with Gasteiger partial charge in [-0.25, -0.2) is 8.78 Å². The van der Waals surface area contributed by atoms with Crippen molar-refractivity contribution in [2.75, 3.05) is 32.1 Å². The summed E-state index contributed by atoms with van der Waals surface area (Å²) in [6.45, 7) is 5.28. The first-order valence-corrected chi connectivity index (χ1v) is 22.7. The molecule has 8 heteroatoms. The molecule has 1 saturated heterocycles. The van der Waals surface area contributed by atoms with Crippen molar-refractivity contribution in [3.8, 4) is 0 Å². The number of rotatable bonds is 30. The van der Waals surface area contributed by atoms with Gasteiger partial charge in [0.25, 0.3) is 0 Å². The minimum Gasteiger partial charge on any atom is -0.388 e. The molecule has 1 aliphatic heterocycles. The molecule has 0 spiro atoms. The lowest BCUT2D eigenvalue weighted by Gasteiger charge is -2.53. The molecule has 0 bridgehead atoms. The van der Waals surface area contributed by atoms with Crippen LogP contribution in [0.2, 0.25) is 0 Å². The third-order valence-corrected chi connectivity index (χ3v) is 12.3. The van der Waals surface area contributed by atoms with E-state index in [0.29, 0.717) is 37.1 Å². The predicted octanol–water partition coefficient (Wildman–Crippen LogP) is 12.2. The summed E-state index contributed by atoms with van der Waals surface area (Å²) in [5.74, 6) is -0.778.